The van der Waals surface area contributed by atoms with Crippen molar-refractivity contribution < 1.29 is 14.3 Å². The highest BCUT2D eigenvalue weighted by Crippen LogP contribution is 2.35. The van der Waals surface area contributed by atoms with Crippen LogP contribution in [0.3, 0.4) is 0 Å². The second kappa shape index (κ2) is 9.34. The van der Waals surface area contributed by atoms with Gasteiger partial charge in [-0.1, -0.05) is 17.7 Å². The first-order valence-corrected chi connectivity index (χ1v) is 10.6. The summed E-state index contributed by atoms with van der Waals surface area (Å²) in [7, 11) is 0. The highest BCUT2D eigenvalue weighted by Gasteiger charge is 2.25. The first-order chi connectivity index (χ1) is 12.2. The molecule has 0 fully saturated rings. The molecular formula is C20H30ClNO3S. The van der Waals surface area contributed by atoms with Gasteiger partial charge in [0.1, 0.15) is 5.60 Å². The van der Waals surface area contributed by atoms with Gasteiger partial charge in [-0.2, -0.15) is 0 Å². The molecule has 0 radical (unpaired) electrons. The first kappa shape index (κ1) is 21.4. The molecule has 0 unspecified atom stereocenters. The number of halogens is 1. The lowest BCUT2D eigenvalue weighted by Crippen LogP contribution is -2.38. The molecule has 1 aromatic carbocycles. The maximum absolute atomic E-state index is 12.4. The zero-order valence-corrected chi connectivity index (χ0v) is 18.0. The van der Waals surface area contributed by atoms with Crippen molar-refractivity contribution in [2.45, 2.75) is 64.1 Å². The van der Waals surface area contributed by atoms with Crippen LogP contribution < -0.4 is 0 Å². The summed E-state index contributed by atoms with van der Waals surface area (Å²) < 4.78 is 11.2. The number of thioether (sulfide) groups is 1. The summed E-state index contributed by atoms with van der Waals surface area (Å²) in [5, 5.41) is 0.781. The van der Waals surface area contributed by atoms with Crippen molar-refractivity contribution in [3.63, 3.8) is 0 Å². The van der Waals surface area contributed by atoms with E-state index in [4.69, 9.17) is 21.1 Å². The van der Waals surface area contributed by atoms with Gasteiger partial charge >= 0.3 is 6.09 Å². The Hall–Kier alpha value is -0.910. The molecule has 26 heavy (non-hydrogen) atoms. The lowest BCUT2D eigenvalue weighted by Gasteiger charge is -2.26. The van der Waals surface area contributed by atoms with Crippen molar-refractivity contribution in [2.24, 2.45) is 0 Å². The molecule has 0 atom stereocenters. The number of rotatable bonds is 5. The lowest BCUT2D eigenvalue weighted by atomic mass is 10.0. The molecule has 6 heteroatoms. The molecule has 0 spiro atoms. The lowest BCUT2D eigenvalue weighted by molar-refractivity contribution is 0.0258. The number of nitrogens with zero attached hydrogens (tertiary/aromatic N) is 1. The molecule has 0 saturated carbocycles. The fourth-order valence-corrected chi connectivity index (χ4v) is 4.19. The Balaban J connectivity index is 2.06. The number of ether oxygens (including phenoxy) is 2. The van der Waals surface area contributed by atoms with Gasteiger partial charge in [0, 0.05) is 23.7 Å². The second-order valence-corrected chi connectivity index (χ2v) is 9.26. The fourth-order valence-electron chi connectivity index (χ4n) is 2.85. The Labute approximate surface area is 166 Å². The van der Waals surface area contributed by atoms with Gasteiger partial charge in [0.15, 0.2) is 0 Å². The van der Waals surface area contributed by atoms with Crippen LogP contribution in [-0.2, 0) is 22.3 Å². The van der Waals surface area contributed by atoms with Crippen molar-refractivity contribution in [1.29, 1.82) is 0 Å². The van der Waals surface area contributed by atoms with E-state index in [0.29, 0.717) is 19.7 Å². The maximum atomic E-state index is 12.4. The van der Waals surface area contributed by atoms with E-state index in [9.17, 15) is 4.79 Å². The largest absolute Gasteiger partial charge is 0.444 e. The molecule has 0 N–H and O–H groups in total. The quantitative estimate of drug-likeness (QED) is 0.504. The Bertz CT molecular complexity index is 628. The molecule has 1 aliphatic rings. The molecule has 0 bridgehead atoms. The standard InChI is InChI=1S/C20H30ClNO3S/c1-14(2)24-12-13-26-18-16-9-11-22(19(23)25-20(3,4)5)10-8-15(16)6-7-17(18)21/h6-7,14H,8-13H2,1-5H3. The van der Waals surface area contributed by atoms with E-state index in [1.165, 1.54) is 11.1 Å². The Kier molecular flexibility index (Phi) is 7.68. The SMILES string of the molecule is CC(C)OCCSc1c(Cl)ccc2c1CCN(C(=O)OC(C)(C)C)CC2. The van der Waals surface area contributed by atoms with Crippen molar-refractivity contribution in [1.82, 2.24) is 4.90 Å². The van der Waals surface area contributed by atoms with E-state index in [-0.39, 0.29) is 12.2 Å². The molecule has 1 aliphatic heterocycles. The van der Waals surface area contributed by atoms with Crippen molar-refractivity contribution in [3.8, 4) is 0 Å². The average Bonchev–Trinajstić information content (AvgIpc) is 2.74. The van der Waals surface area contributed by atoms with E-state index < -0.39 is 5.60 Å². The zero-order chi connectivity index (χ0) is 19.3. The smallest absolute Gasteiger partial charge is 0.410 e. The predicted molar refractivity (Wildman–Crippen MR) is 108 cm³/mol. The van der Waals surface area contributed by atoms with Gasteiger partial charge < -0.3 is 14.4 Å². The molecule has 0 aromatic heterocycles. The summed E-state index contributed by atoms with van der Waals surface area (Å²) in [5.41, 5.74) is 2.06. The van der Waals surface area contributed by atoms with Crippen LogP contribution in [-0.4, -0.2) is 48.1 Å². The van der Waals surface area contributed by atoms with Crippen LogP contribution in [0, 0.1) is 0 Å². The van der Waals surface area contributed by atoms with Crippen LogP contribution in [0.15, 0.2) is 17.0 Å². The van der Waals surface area contributed by atoms with E-state index >= 15 is 0 Å². The Morgan fingerprint density at radius 1 is 1.27 bits per heavy atom. The predicted octanol–water partition coefficient (Wildman–Crippen LogP) is 5.19. The molecule has 1 heterocycles. The number of hydrogen-bond acceptors (Lipinski definition) is 4. The summed E-state index contributed by atoms with van der Waals surface area (Å²) in [6, 6.07) is 4.06. The molecule has 0 saturated heterocycles. The summed E-state index contributed by atoms with van der Waals surface area (Å²) in [6.07, 6.45) is 1.61. The van der Waals surface area contributed by atoms with E-state index in [2.05, 4.69) is 6.07 Å². The number of benzene rings is 1. The van der Waals surface area contributed by atoms with Gasteiger partial charge in [0.05, 0.1) is 17.7 Å². The number of amides is 1. The third-order valence-electron chi connectivity index (χ3n) is 4.02. The zero-order valence-electron chi connectivity index (χ0n) is 16.4. The Morgan fingerprint density at radius 2 is 1.96 bits per heavy atom. The van der Waals surface area contributed by atoms with Gasteiger partial charge in [-0.05, 0) is 64.7 Å². The number of carbonyl (C=O) groups is 1. The van der Waals surface area contributed by atoms with Gasteiger partial charge in [-0.25, -0.2) is 4.79 Å². The van der Waals surface area contributed by atoms with Crippen LogP contribution in [0.5, 0.6) is 0 Å². The molecular weight excluding hydrogens is 370 g/mol. The minimum atomic E-state index is -0.475. The molecule has 4 nitrogen and oxygen atoms in total. The van der Waals surface area contributed by atoms with Gasteiger partial charge in [0.2, 0.25) is 0 Å². The minimum absolute atomic E-state index is 0.237. The van der Waals surface area contributed by atoms with Gasteiger partial charge in [0.25, 0.3) is 0 Å². The van der Waals surface area contributed by atoms with Gasteiger partial charge in [-0.15, -0.1) is 11.8 Å². The molecule has 146 valence electrons. The maximum Gasteiger partial charge on any atom is 0.410 e. The van der Waals surface area contributed by atoms with Crippen molar-refractivity contribution >= 4 is 29.5 Å². The fraction of sp³-hybridized carbons (Fsp3) is 0.650. The highest BCUT2D eigenvalue weighted by molar-refractivity contribution is 7.99. The van der Waals surface area contributed by atoms with Crippen LogP contribution in [0.2, 0.25) is 5.02 Å². The van der Waals surface area contributed by atoms with Gasteiger partial charge in [-0.3, -0.25) is 0 Å². The normalized spacial score (nSPS) is 15.0. The number of hydrogen-bond donors (Lipinski definition) is 0. The molecule has 1 aromatic rings. The average molecular weight is 400 g/mol. The summed E-state index contributed by atoms with van der Waals surface area (Å²) >= 11 is 8.22. The van der Waals surface area contributed by atoms with Crippen molar-refractivity contribution in [2.75, 3.05) is 25.4 Å². The van der Waals surface area contributed by atoms with Crippen molar-refractivity contribution in [3.05, 3.63) is 28.3 Å². The molecule has 2 rings (SSSR count). The van der Waals surface area contributed by atoms with E-state index in [1.807, 2.05) is 40.7 Å². The van der Waals surface area contributed by atoms with Crippen LogP contribution in [0.1, 0.15) is 45.7 Å². The van der Waals surface area contributed by atoms with Crippen LogP contribution >= 0.6 is 23.4 Å². The number of carbonyl (C=O) groups excluding carboxylic acids is 1. The van der Waals surface area contributed by atoms with E-state index in [0.717, 1.165) is 28.5 Å². The van der Waals surface area contributed by atoms with Crippen LogP contribution in [0.4, 0.5) is 4.79 Å². The third-order valence-corrected chi connectivity index (χ3v) is 5.58. The highest BCUT2D eigenvalue weighted by atomic mass is 35.5. The third kappa shape index (κ3) is 6.36. The molecule has 1 amide bonds. The van der Waals surface area contributed by atoms with Crippen LogP contribution in [0.25, 0.3) is 0 Å². The summed E-state index contributed by atoms with van der Waals surface area (Å²) in [6.45, 7) is 11.8. The minimum Gasteiger partial charge on any atom is -0.444 e. The summed E-state index contributed by atoms with van der Waals surface area (Å²) in [5.74, 6) is 0.865. The topological polar surface area (TPSA) is 38.8 Å². The second-order valence-electron chi connectivity index (χ2n) is 7.75. The summed E-state index contributed by atoms with van der Waals surface area (Å²) in [4.78, 5) is 15.3. The number of fused-ring (bicyclic) bond motifs is 1. The Morgan fingerprint density at radius 3 is 2.62 bits per heavy atom. The monoisotopic (exact) mass is 399 g/mol. The van der Waals surface area contributed by atoms with E-state index in [1.54, 1.807) is 16.7 Å². The molecule has 0 aliphatic carbocycles. The first-order valence-electron chi connectivity index (χ1n) is 9.20.